The van der Waals surface area contributed by atoms with Crippen LogP contribution in [0.15, 0.2) is 42.7 Å². The number of aryl methyl sites for hydroxylation is 1. The van der Waals surface area contributed by atoms with Crippen LogP contribution in [0.4, 0.5) is 0 Å². The fraction of sp³-hybridized carbons (Fsp3) is 0.133. The molecule has 0 saturated heterocycles. The Balaban J connectivity index is 2.00. The van der Waals surface area contributed by atoms with E-state index >= 15 is 0 Å². The number of imidazole rings is 1. The van der Waals surface area contributed by atoms with Gasteiger partial charge in [0.15, 0.2) is 5.82 Å². The zero-order valence-corrected chi connectivity index (χ0v) is 11.1. The highest BCUT2D eigenvalue weighted by Gasteiger charge is 2.12. The molecule has 0 spiro atoms. The summed E-state index contributed by atoms with van der Waals surface area (Å²) in [6.45, 7) is 2.18. The minimum atomic E-state index is -0.382. The van der Waals surface area contributed by atoms with Gasteiger partial charge in [0.1, 0.15) is 12.2 Å². The summed E-state index contributed by atoms with van der Waals surface area (Å²) in [7, 11) is 0. The van der Waals surface area contributed by atoms with Crippen molar-refractivity contribution in [2.24, 2.45) is 5.73 Å². The number of rotatable bonds is 3. The van der Waals surface area contributed by atoms with Crippen molar-refractivity contribution in [3.05, 3.63) is 48.3 Å². The molecule has 2 aliphatic rings. The minimum absolute atomic E-state index is 0.142. The fourth-order valence-electron chi connectivity index (χ4n) is 2.06. The molecule has 3 rings (SSSR count). The molecule has 5 heteroatoms. The van der Waals surface area contributed by atoms with Gasteiger partial charge in [0.2, 0.25) is 5.91 Å². The first kappa shape index (κ1) is 12.3. The molecular weight excluding hydrogens is 252 g/mol. The number of aromatic nitrogens is 3. The lowest BCUT2D eigenvalue weighted by atomic mass is 10.1. The van der Waals surface area contributed by atoms with E-state index in [0.717, 1.165) is 17.0 Å². The van der Waals surface area contributed by atoms with Crippen LogP contribution in [0.3, 0.4) is 0 Å². The highest BCUT2D eigenvalue weighted by Crippen LogP contribution is 2.24. The van der Waals surface area contributed by atoms with E-state index in [0.29, 0.717) is 5.82 Å². The van der Waals surface area contributed by atoms with E-state index < -0.39 is 0 Å². The first-order valence-electron chi connectivity index (χ1n) is 6.31. The molecule has 0 bridgehead atoms. The van der Waals surface area contributed by atoms with Crippen molar-refractivity contribution < 1.29 is 4.79 Å². The first-order valence-corrected chi connectivity index (χ1v) is 6.31. The normalized spacial score (nSPS) is 10.8. The van der Waals surface area contributed by atoms with Crippen molar-refractivity contribution in [2.75, 3.05) is 0 Å². The van der Waals surface area contributed by atoms with Gasteiger partial charge in [-0.15, -0.1) is 0 Å². The second kappa shape index (κ2) is 4.77. The molecule has 1 aromatic rings. The molecule has 0 aliphatic carbocycles. The topological polar surface area (TPSA) is 73.8 Å². The molecule has 2 aliphatic heterocycles. The van der Waals surface area contributed by atoms with Crippen molar-refractivity contribution in [3.63, 3.8) is 0 Å². The van der Waals surface area contributed by atoms with Crippen LogP contribution >= 0.6 is 0 Å². The van der Waals surface area contributed by atoms with E-state index in [1.807, 2.05) is 37.3 Å². The molecular formula is C15H14N4O. The molecule has 1 aromatic carbocycles. The minimum Gasteiger partial charge on any atom is -0.368 e. The maximum atomic E-state index is 10.9. The molecule has 2 heterocycles. The van der Waals surface area contributed by atoms with E-state index in [9.17, 15) is 4.79 Å². The van der Waals surface area contributed by atoms with Gasteiger partial charge in [-0.3, -0.25) is 4.79 Å². The van der Waals surface area contributed by atoms with Gasteiger partial charge in [0, 0.05) is 18.0 Å². The number of benzene rings is 1. The summed E-state index contributed by atoms with van der Waals surface area (Å²) < 4.78 is 1.71. The third-order valence-corrected chi connectivity index (χ3v) is 3.08. The number of nitrogens with zero attached hydrogens (tertiary/aromatic N) is 3. The highest BCUT2D eigenvalue weighted by atomic mass is 16.1. The third kappa shape index (κ3) is 2.38. The Hall–Kier alpha value is -2.69. The summed E-state index contributed by atoms with van der Waals surface area (Å²) in [5.41, 5.74) is 8.92. The first-order chi connectivity index (χ1) is 9.61. The molecule has 0 atom stereocenters. The standard InChI is InChI=1S/C15H14N4O/c1-10-2-4-11(5-3-10)15-17-12-6-7-19(9-14(16)20)8-13(12)18-15/h2-8H,9H2,1H3,(H2,16,20). The number of hydrogen-bond donors (Lipinski definition) is 1. The van der Waals surface area contributed by atoms with E-state index in [2.05, 4.69) is 9.97 Å². The second-order valence-electron chi connectivity index (χ2n) is 4.77. The lowest BCUT2D eigenvalue weighted by molar-refractivity contribution is -0.118. The Kier molecular flexibility index (Phi) is 2.95. The average Bonchev–Trinajstić information content (AvgIpc) is 2.81. The Morgan fingerprint density at radius 3 is 2.55 bits per heavy atom. The highest BCUT2D eigenvalue weighted by molar-refractivity contribution is 5.74. The van der Waals surface area contributed by atoms with Gasteiger partial charge in [-0.05, 0) is 13.0 Å². The zero-order valence-electron chi connectivity index (χ0n) is 11.1. The van der Waals surface area contributed by atoms with Crippen molar-refractivity contribution >= 4 is 5.91 Å². The lowest BCUT2D eigenvalue weighted by Gasteiger charge is -2.04. The zero-order chi connectivity index (χ0) is 14.1. The number of hydrogen-bond acceptors (Lipinski definition) is 3. The maximum absolute atomic E-state index is 10.9. The van der Waals surface area contributed by atoms with Crippen LogP contribution in [-0.2, 0) is 11.3 Å². The fourth-order valence-corrected chi connectivity index (χ4v) is 2.06. The van der Waals surface area contributed by atoms with Gasteiger partial charge < -0.3 is 10.3 Å². The summed E-state index contributed by atoms with van der Waals surface area (Å²) in [4.78, 5) is 19.9. The van der Waals surface area contributed by atoms with E-state index in [1.54, 1.807) is 17.0 Å². The number of nitrogens with two attached hydrogens (primary N) is 1. The Morgan fingerprint density at radius 2 is 1.85 bits per heavy atom. The van der Waals surface area contributed by atoms with E-state index in [1.165, 1.54) is 5.56 Å². The molecule has 100 valence electrons. The monoisotopic (exact) mass is 266 g/mol. The van der Waals surface area contributed by atoms with Crippen LogP contribution in [0.5, 0.6) is 0 Å². The quantitative estimate of drug-likeness (QED) is 0.786. The van der Waals surface area contributed by atoms with Gasteiger partial charge in [-0.2, -0.15) is 0 Å². The summed E-state index contributed by atoms with van der Waals surface area (Å²) in [5.74, 6) is 0.310. The van der Waals surface area contributed by atoms with Crippen LogP contribution in [-0.4, -0.2) is 20.4 Å². The van der Waals surface area contributed by atoms with E-state index in [-0.39, 0.29) is 12.5 Å². The summed E-state index contributed by atoms with van der Waals surface area (Å²) in [6.07, 6.45) is 3.56. The molecule has 2 N–H and O–H groups in total. The van der Waals surface area contributed by atoms with Crippen LogP contribution in [0, 0.1) is 6.92 Å². The van der Waals surface area contributed by atoms with Gasteiger partial charge in [-0.25, -0.2) is 9.97 Å². The van der Waals surface area contributed by atoms with Crippen LogP contribution in [0.2, 0.25) is 0 Å². The molecule has 1 amide bonds. The molecule has 0 saturated carbocycles. The molecule has 0 fully saturated rings. The number of carbonyl (C=O) groups is 1. The van der Waals surface area contributed by atoms with Gasteiger partial charge in [-0.1, -0.05) is 29.8 Å². The predicted molar refractivity (Wildman–Crippen MR) is 76.0 cm³/mol. The van der Waals surface area contributed by atoms with Crippen molar-refractivity contribution in [2.45, 2.75) is 13.5 Å². The Labute approximate surface area is 116 Å². The lowest BCUT2D eigenvalue weighted by Crippen LogP contribution is -2.18. The summed E-state index contributed by atoms with van der Waals surface area (Å²) >= 11 is 0. The maximum Gasteiger partial charge on any atom is 0.237 e. The van der Waals surface area contributed by atoms with Crippen LogP contribution in [0.1, 0.15) is 5.56 Å². The largest absolute Gasteiger partial charge is 0.368 e. The number of fused-ring (bicyclic) bond motifs is 1. The Bertz CT molecular complexity index is 730. The molecule has 0 aromatic heterocycles. The van der Waals surface area contributed by atoms with Crippen LogP contribution in [0.25, 0.3) is 22.8 Å². The van der Waals surface area contributed by atoms with Crippen molar-refractivity contribution in [1.82, 2.24) is 14.5 Å². The predicted octanol–water partition coefficient (Wildman–Crippen LogP) is 1.84. The number of amides is 1. The molecule has 0 unspecified atom stereocenters. The molecule has 5 nitrogen and oxygen atoms in total. The van der Waals surface area contributed by atoms with E-state index in [4.69, 9.17) is 5.73 Å². The number of pyridine rings is 1. The molecule has 0 radical (unpaired) electrons. The Morgan fingerprint density at radius 1 is 1.15 bits per heavy atom. The summed E-state index contributed by atoms with van der Waals surface area (Å²) in [5, 5.41) is 0. The molecule has 20 heavy (non-hydrogen) atoms. The van der Waals surface area contributed by atoms with Gasteiger partial charge in [0.05, 0.1) is 5.69 Å². The number of carbonyl (C=O) groups excluding carboxylic acids is 1. The van der Waals surface area contributed by atoms with Gasteiger partial charge in [0.25, 0.3) is 0 Å². The second-order valence-corrected chi connectivity index (χ2v) is 4.77. The average molecular weight is 266 g/mol. The smallest absolute Gasteiger partial charge is 0.237 e. The van der Waals surface area contributed by atoms with Crippen LogP contribution < -0.4 is 5.73 Å². The van der Waals surface area contributed by atoms with Gasteiger partial charge >= 0.3 is 0 Å². The third-order valence-electron chi connectivity index (χ3n) is 3.08. The van der Waals surface area contributed by atoms with Crippen molar-refractivity contribution in [3.8, 4) is 22.8 Å². The summed E-state index contributed by atoms with van der Waals surface area (Å²) in [6, 6.07) is 9.90. The number of primary amides is 1. The SMILES string of the molecule is Cc1ccc(-c2nc3ccn(CC(N)=O)cc-3n2)cc1. The van der Waals surface area contributed by atoms with Crippen molar-refractivity contribution in [1.29, 1.82) is 0 Å².